The van der Waals surface area contributed by atoms with Gasteiger partial charge in [-0.05, 0) is 50.2 Å². The number of hydrogen-bond donors (Lipinski definition) is 3. The highest BCUT2D eigenvalue weighted by molar-refractivity contribution is 8.00. The Morgan fingerprint density at radius 2 is 1.78 bits per heavy atom. The largest absolute Gasteiger partial charge is 0.481 e. The first-order valence-electron chi connectivity index (χ1n) is 11.3. The van der Waals surface area contributed by atoms with Crippen LogP contribution in [0, 0.1) is 11.8 Å². The molecule has 8 heteroatoms. The molecule has 1 aromatic rings. The van der Waals surface area contributed by atoms with Gasteiger partial charge in [0, 0.05) is 23.8 Å². The molecule has 1 aromatic carbocycles. The second kappa shape index (κ2) is 12.6. The molecule has 0 unspecified atom stereocenters. The summed E-state index contributed by atoms with van der Waals surface area (Å²) in [6.07, 6.45) is 9.15. The van der Waals surface area contributed by atoms with Crippen LogP contribution in [-0.4, -0.2) is 53.9 Å². The van der Waals surface area contributed by atoms with E-state index in [-0.39, 0.29) is 48.7 Å². The predicted molar refractivity (Wildman–Crippen MR) is 123 cm³/mol. The number of unbranched alkanes of at least 4 members (excludes halogenated alkanes) is 1. The fourth-order valence-electron chi connectivity index (χ4n) is 4.41. The fraction of sp³-hybridized carbons (Fsp3) is 0.542. The van der Waals surface area contributed by atoms with Crippen molar-refractivity contribution in [2.75, 3.05) is 18.8 Å². The summed E-state index contributed by atoms with van der Waals surface area (Å²) in [6, 6.07) is 9.68. The average Bonchev–Trinajstić information content (AvgIpc) is 3.39. The van der Waals surface area contributed by atoms with Crippen molar-refractivity contribution in [1.29, 1.82) is 0 Å². The third kappa shape index (κ3) is 7.67. The zero-order chi connectivity index (χ0) is 22.8. The van der Waals surface area contributed by atoms with Crippen molar-refractivity contribution >= 4 is 29.5 Å². The van der Waals surface area contributed by atoms with Gasteiger partial charge < -0.3 is 20.5 Å². The zero-order valence-electron chi connectivity index (χ0n) is 18.2. The maximum atomic E-state index is 12.2. The van der Waals surface area contributed by atoms with Crippen molar-refractivity contribution in [3.8, 4) is 0 Å². The lowest BCUT2D eigenvalue weighted by molar-refractivity contribution is -0.137. The van der Waals surface area contributed by atoms with Crippen LogP contribution in [0.25, 0.3) is 0 Å². The summed E-state index contributed by atoms with van der Waals surface area (Å²) in [4.78, 5) is 35.8. The van der Waals surface area contributed by atoms with E-state index in [4.69, 9.17) is 9.84 Å². The number of carbonyl (C=O) groups is 3. The van der Waals surface area contributed by atoms with E-state index >= 15 is 0 Å². The average molecular weight is 461 g/mol. The Balaban J connectivity index is 1.34. The molecule has 0 radical (unpaired) electrons. The molecule has 2 saturated heterocycles. The maximum absolute atomic E-state index is 12.2. The Kier molecular flexibility index (Phi) is 9.62. The first-order valence-corrected chi connectivity index (χ1v) is 12.2. The summed E-state index contributed by atoms with van der Waals surface area (Å²) in [5.74, 6) is -0.204. The van der Waals surface area contributed by atoms with Crippen LogP contribution in [0.1, 0.15) is 38.5 Å². The number of fused-ring (bicyclic) bond motifs is 2. The number of allylic oxidation sites excluding steroid dienone is 2. The fourth-order valence-corrected chi connectivity index (χ4v) is 5.16. The molecule has 4 atom stereocenters. The van der Waals surface area contributed by atoms with Crippen molar-refractivity contribution in [1.82, 2.24) is 10.6 Å². The maximum Gasteiger partial charge on any atom is 0.303 e. The molecule has 174 valence electrons. The van der Waals surface area contributed by atoms with Gasteiger partial charge in [0.25, 0.3) is 0 Å². The number of ether oxygens (including phenoxy) is 1. The highest BCUT2D eigenvalue weighted by Crippen LogP contribution is 2.44. The number of hydrogen-bond acceptors (Lipinski definition) is 5. The summed E-state index contributed by atoms with van der Waals surface area (Å²) in [6.45, 7) is 0.524. The van der Waals surface area contributed by atoms with Gasteiger partial charge in [0.15, 0.2) is 0 Å². The lowest BCUT2D eigenvalue weighted by atomic mass is 9.77. The number of benzene rings is 1. The van der Waals surface area contributed by atoms with Gasteiger partial charge >= 0.3 is 5.97 Å². The predicted octanol–water partition coefficient (Wildman–Crippen LogP) is 3.01. The van der Waals surface area contributed by atoms with Crippen molar-refractivity contribution in [2.45, 2.75) is 55.6 Å². The molecule has 2 aliphatic rings. The van der Waals surface area contributed by atoms with Crippen LogP contribution in [0.15, 0.2) is 47.4 Å². The quantitative estimate of drug-likeness (QED) is 0.237. The van der Waals surface area contributed by atoms with Crippen LogP contribution < -0.4 is 10.6 Å². The van der Waals surface area contributed by atoms with E-state index in [0.717, 1.165) is 30.6 Å². The minimum atomic E-state index is -0.762. The van der Waals surface area contributed by atoms with E-state index in [9.17, 15) is 14.4 Å². The minimum absolute atomic E-state index is 0.0238. The molecule has 0 aromatic heterocycles. The molecule has 3 rings (SSSR count). The van der Waals surface area contributed by atoms with E-state index in [0.29, 0.717) is 18.9 Å². The number of aliphatic carboxylic acids is 1. The van der Waals surface area contributed by atoms with Crippen molar-refractivity contribution < 1.29 is 24.2 Å². The van der Waals surface area contributed by atoms with Crippen molar-refractivity contribution in [3.05, 3.63) is 42.5 Å². The smallest absolute Gasteiger partial charge is 0.303 e. The zero-order valence-corrected chi connectivity index (χ0v) is 19.0. The summed E-state index contributed by atoms with van der Waals surface area (Å²) in [5.41, 5.74) is 0. The van der Waals surface area contributed by atoms with Gasteiger partial charge in [0.2, 0.25) is 11.8 Å². The molecule has 7 nitrogen and oxygen atoms in total. The number of amides is 2. The van der Waals surface area contributed by atoms with Crippen LogP contribution in [-0.2, 0) is 19.1 Å². The number of thioether (sulfide) groups is 1. The van der Waals surface area contributed by atoms with E-state index in [1.807, 2.05) is 36.4 Å². The molecule has 3 N–H and O–H groups in total. The molecule has 2 amide bonds. The Morgan fingerprint density at radius 1 is 1.03 bits per heavy atom. The van der Waals surface area contributed by atoms with Gasteiger partial charge in [-0.2, -0.15) is 0 Å². The first-order chi connectivity index (χ1) is 15.5. The molecule has 32 heavy (non-hydrogen) atoms. The summed E-state index contributed by atoms with van der Waals surface area (Å²) < 4.78 is 6.08. The van der Waals surface area contributed by atoms with Gasteiger partial charge in [-0.25, -0.2) is 0 Å². The monoisotopic (exact) mass is 460 g/mol. The Labute approximate surface area is 193 Å². The molecule has 2 bridgehead atoms. The second-order valence-electron chi connectivity index (χ2n) is 8.29. The van der Waals surface area contributed by atoms with Crippen molar-refractivity contribution in [2.24, 2.45) is 11.8 Å². The van der Waals surface area contributed by atoms with Crippen LogP contribution in [0.5, 0.6) is 0 Å². The van der Waals surface area contributed by atoms with Gasteiger partial charge in [-0.15, -0.1) is 11.8 Å². The van der Waals surface area contributed by atoms with Gasteiger partial charge in [-0.1, -0.05) is 30.4 Å². The Hall–Kier alpha value is -2.32. The molecular formula is C24H32N2O5S. The summed E-state index contributed by atoms with van der Waals surface area (Å²) in [7, 11) is 0. The number of carboxylic acids is 1. The summed E-state index contributed by atoms with van der Waals surface area (Å²) >= 11 is 1.44. The second-order valence-corrected chi connectivity index (χ2v) is 9.34. The van der Waals surface area contributed by atoms with Crippen LogP contribution in [0.2, 0.25) is 0 Å². The number of carbonyl (C=O) groups excluding carboxylic acids is 2. The molecule has 2 aliphatic heterocycles. The summed E-state index contributed by atoms with van der Waals surface area (Å²) in [5, 5.41) is 14.3. The first kappa shape index (κ1) is 24.3. The van der Waals surface area contributed by atoms with E-state index in [2.05, 4.69) is 16.7 Å². The Morgan fingerprint density at radius 3 is 2.53 bits per heavy atom. The van der Waals surface area contributed by atoms with Crippen LogP contribution in [0.3, 0.4) is 0 Å². The van der Waals surface area contributed by atoms with Gasteiger partial charge in [-0.3, -0.25) is 14.4 Å². The van der Waals surface area contributed by atoms with Crippen LogP contribution in [0.4, 0.5) is 0 Å². The van der Waals surface area contributed by atoms with E-state index < -0.39 is 5.97 Å². The molecule has 0 saturated carbocycles. The third-order valence-corrected chi connectivity index (χ3v) is 7.03. The highest BCUT2D eigenvalue weighted by atomic mass is 32.2. The minimum Gasteiger partial charge on any atom is -0.481 e. The normalized spacial score (nSPS) is 24.0. The van der Waals surface area contributed by atoms with Crippen molar-refractivity contribution in [3.63, 3.8) is 0 Å². The third-order valence-electron chi connectivity index (χ3n) is 6.02. The number of rotatable bonds is 13. The molecular weight excluding hydrogens is 428 g/mol. The topological polar surface area (TPSA) is 105 Å². The SMILES string of the molecule is O=C(O)CCC/C=C\C[C@H]1[C@@H](CNC(=O)CNC(=O)CSc2ccccc2)[C@H]2CC[C@@H]1O2. The van der Waals surface area contributed by atoms with Gasteiger partial charge in [0.05, 0.1) is 24.5 Å². The molecule has 0 spiro atoms. The number of carboxylic acid groups (broad SMARTS) is 1. The lowest BCUT2D eigenvalue weighted by Crippen LogP contribution is -2.42. The lowest BCUT2D eigenvalue weighted by Gasteiger charge is -2.27. The van der Waals surface area contributed by atoms with Gasteiger partial charge in [0.1, 0.15) is 0 Å². The standard InChI is InChI=1S/C24H32N2O5S/c27-22(15-26-23(28)16-32-17-8-4-3-5-9-17)25-14-19-18(20-12-13-21(19)31-20)10-6-1-2-7-11-24(29)30/h1,3-6,8-9,18-21H,2,7,10-16H2,(H,25,27)(H,26,28)(H,29,30)/b6-1-/t18-,19+,20-,21+/m0/s1. The van der Waals surface area contributed by atoms with Crippen LogP contribution >= 0.6 is 11.8 Å². The Bertz CT molecular complexity index is 801. The number of nitrogens with one attached hydrogen (secondary N) is 2. The highest BCUT2D eigenvalue weighted by Gasteiger charge is 2.47. The van der Waals surface area contributed by atoms with E-state index in [1.54, 1.807) is 0 Å². The molecule has 2 fully saturated rings. The molecule has 2 heterocycles. The molecule has 0 aliphatic carbocycles. The van der Waals surface area contributed by atoms with E-state index in [1.165, 1.54) is 11.8 Å².